The zero-order valence-electron chi connectivity index (χ0n) is 14.0. The van der Waals surface area contributed by atoms with Gasteiger partial charge < -0.3 is 4.90 Å². The molecule has 2 saturated heterocycles. The number of hydrogen-bond acceptors (Lipinski definition) is 4. The summed E-state index contributed by atoms with van der Waals surface area (Å²) < 4.78 is 29.0. The first-order valence-electron chi connectivity index (χ1n) is 8.35. The molecule has 0 N–H and O–H groups in total. The Bertz CT molecular complexity index is 624. The molecule has 1 atom stereocenters. The summed E-state index contributed by atoms with van der Waals surface area (Å²) in [4.78, 5) is 6.65. The Morgan fingerprint density at radius 1 is 1.17 bits per heavy atom. The van der Waals surface area contributed by atoms with Crippen LogP contribution >= 0.6 is 0 Å². The van der Waals surface area contributed by atoms with Crippen molar-refractivity contribution in [2.75, 3.05) is 33.7 Å². The standard InChI is InChI=1S/C16H26N4O2S/c1-18(2)13-14-7-8-15(17-12-14)16-6-5-11-20(16)23(21,22)19-9-3-4-10-19/h7-8,12,16H,3-6,9-11,13H2,1-2H3. The van der Waals surface area contributed by atoms with Crippen molar-refractivity contribution in [2.45, 2.75) is 38.3 Å². The third-order valence-corrected chi connectivity index (χ3v) is 6.63. The van der Waals surface area contributed by atoms with Crippen molar-refractivity contribution in [2.24, 2.45) is 0 Å². The molecule has 7 heteroatoms. The molecule has 0 radical (unpaired) electrons. The molecule has 0 bridgehead atoms. The van der Waals surface area contributed by atoms with E-state index in [0.717, 1.165) is 43.5 Å². The third-order valence-electron chi connectivity index (χ3n) is 4.58. The Hall–Kier alpha value is -1.02. The molecule has 23 heavy (non-hydrogen) atoms. The molecule has 2 fully saturated rings. The minimum absolute atomic E-state index is 0.117. The first-order chi connectivity index (χ1) is 11.0. The molecule has 2 aliphatic heterocycles. The Labute approximate surface area is 139 Å². The molecule has 3 rings (SSSR count). The van der Waals surface area contributed by atoms with Crippen molar-refractivity contribution >= 4 is 10.2 Å². The number of aromatic nitrogens is 1. The van der Waals surface area contributed by atoms with Crippen molar-refractivity contribution < 1.29 is 8.42 Å². The second-order valence-electron chi connectivity index (χ2n) is 6.71. The summed E-state index contributed by atoms with van der Waals surface area (Å²) in [6.07, 6.45) is 5.56. The summed E-state index contributed by atoms with van der Waals surface area (Å²) in [7, 11) is 0.700. The molecular weight excluding hydrogens is 312 g/mol. The molecule has 0 aromatic carbocycles. The summed E-state index contributed by atoms with van der Waals surface area (Å²) in [5, 5.41) is 0. The van der Waals surface area contributed by atoms with Crippen LogP contribution in [-0.2, 0) is 16.8 Å². The first-order valence-corrected chi connectivity index (χ1v) is 9.74. The topological polar surface area (TPSA) is 56.8 Å². The lowest BCUT2D eigenvalue weighted by molar-refractivity contribution is 0.344. The highest BCUT2D eigenvalue weighted by Crippen LogP contribution is 2.35. The van der Waals surface area contributed by atoms with Crippen LogP contribution in [0.5, 0.6) is 0 Å². The lowest BCUT2D eigenvalue weighted by Crippen LogP contribution is -2.42. The van der Waals surface area contributed by atoms with Gasteiger partial charge in [-0.1, -0.05) is 6.07 Å². The fourth-order valence-electron chi connectivity index (χ4n) is 3.47. The summed E-state index contributed by atoms with van der Waals surface area (Å²) in [6.45, 7) is 2.75. The summed E-state index contributed by atoms with van der Waals surface area (Å²) in [6, 6.07) is 3.93. The van der Waals surface area contributed by atoms with E-state index in [1.54, 1.807) is 8.61 Å². The maximum absolute atomic E-state index is 12.8. The van der Waals surface area contributed by atoms with E-state index in [-0.39, 0.29) is 6.04 Å². The van der Waals surface area contributed by atoms with Gasteiger partial charge in [-0.3, -0.25) is 4.98 Å². The molecule has 0 spiro atoms. The van der Waals surface area contributed by atoms with Gasteiger partial charge in [0.05, 0.1) is 11.7 Å². The van der Waals surface area contributed by atoms with Crippen LogP contribution in [0.15, 0.2) is 18.3 Å². The van der Waals surface area contributed by atoms with E-state index >= 15 is 0 Å². The smallest absolute Gasteiger partial charge is 0.282 e. The van der Waals surface area contributed by atoms with Crippen molar-refractivity contribution in [3.8, 4) is 0 Å². The Morgan fingerprint density at radius 3 is 2.52 bits per heavy atom. The molecule has 0 amide bonds. The van der Waals surface area contributed by atoms with Gasteiger partial charge in [-0.25, -0.2) is 0 Å². The average molecular weight is 338 g/mol. The average Bonchev–Trinajstić information content (AvgIpc) is 3.19. The Morgan fingerprint density at radius 2 is 1.91 bits per heavy atom. The van der Waals surface area contributed by atoms with Gasteiger partial charge in [0.2, 0.25) is 0 Å². The Kier molecular flexibility index (Phi) is 5.01. The fraction of sp³-hybridized carbons (Fsp3) is 0.688. The van der Waals surface area contributed by atoms with E-state index in [2.05, 4.69) is 16.0 Å². The van der Waals surface area contributed by atoms with Crippen molar-refractivity contribution in [3.05, 3.63) is 29.6 Å². The maximum atomic E-state index is 12.8. The minimum atomic E-state index is -3.35. The van der Waals surface area contributed by atoms with E-state index in [9.17, 15) is 8.42 Å². The van der Waals surface area contributed by atoms with Crippen molar-refractivity contribution in [3.63, 3.8) is 0 Å². The van der Waals surface area contributed by atoms with Crippen LogP contribution in [-0.4, -0.2) is 60.6 Å². The summed E-state index contributed by atoms with van der Waals surface area (Å²) >= 11 is 0. The maximum Gasteiger partial charge on any atom is 0.282 e. The summed E-state index contributed by atoms with van der Waals surface area (Å²) in [5.41, 5.74) is 2.01. The van der Waals surface area contributed by atoms with Crippen LogP contribution in [0.2, 0.25) is 0 Å². The van der Waals surface area contributed by atoms with Gasteiger partial charge in [0, 0.05) is 32.4 Å². The zero-order valence-corrected chi connectivity index (χ0v) is 14.8. The number of nitrogens with zero attached hydrogens (tertiary/aromatic N) is 4. The van der Waals surface area contributed by atoms with Crippen molar-refractivity contribution in [1.29, 1.82) is 0 Å². The zero-order chi connectivity index (χ0) is 16.4. The SMILES string of the molecule is CN(C)Cc1ccc(C2CCCN2S(=O)(=O)N2CCCC2)nc1. The van der Waals surface area contributed by atoms with E-state index < -0.39 is 10.2 Å². The quantitative estimate of drug-likeness (QED) is 0.819. The van der Waals surface area contributed by atoms with Gasteiger partial charge in [0.1, 0.15) is 0 Å². The predicted molar refractivity (Wildman–Crippen MR) is 90.0 cm³/mol. The monoisotopic (exact) mass is 338 g/mol. The van der Waals surface area contributed by atoms with E-state index in [0.29, 0.717) is 19.6 Å². The van der Waals surface area contributed by atoms with Gasteiger partial charge in [0.15, 0.2) is 0 Å². The molecule has 128 valence electrons. The lowest BCUT2D eigenvalue weighted by Gasteiger charge is -2.28. The molecule has 0 aliphatic carbocycles. The number of rotatable bonds is 5. The molecule has 3 heterocycles. The highest BCUT2D eigenvalue weighted by atomic mass is 32.2. The number of hydrogen-bond donors (Lipinski definition) is 0. The van der Waals surface area contributed by atoms with Crippen LogP contribution < -0.4 is 0 Å². The molecule has 1 aromatic rings. The second kappa shape index (κ2) is 6.84. The van der Waals surface area contributed by atoms with Gasteiger partial charge >= 0.3 is 0 Å². The molecule has 0 saturated carbocycles. The van der Waals surface area contributed by atoms with Crippen LogP contribution in [0.4, 0.5) is 0 Å². The number of pyridine rings is 1. The van der Waals surface area contributed by atoms with Crippen LogP contribution in [0.3, 0.4) is 0 Å². The molecular formula is C16H26N4O2S. The largest absolute Gasteiger partial charge is 0.305 e. The third kappa shape index (κ3) is 3.57. The normalized spacial score (nSPS) is 23.9. The molecule has 6 nitrogen and oxygen atoms in total. The van der Waals surface area contributed by atoms with E-state index in [4.69, 9.17) is 0 Å². The molecule has 1 aromatic heterocycles. The van der Waals surface area contributed by atoms with Gasteiger partial charge in [-0.15, -0.1) is 0 Å². The van der Waals surface area contributed by atoms with Gasteiger partial charge in [0.25, 0.3) is 10.2 Å². The van der Waals surface area contributed by atoms with Gasteiger partial charge in [-0.2, -0.15) is 17.0 Å². The minimum Gasteiger partial charge on any atom is -0.305 e. The fourth-order valence-corrected chi connectivity index (χ4v) is 5.38. The highest BCUT2D eigenvalue weighted by Gasteiger charge is 2.40. The molecule has 2 aliphatic rings. The van der Waals surface area contributed by atoms with Crippen molar-refractivity contribution in [1.82, 2.24) is 18.5 Å². The predicted octanol–water partition coefficient (Wildman–Crippen LogP) is 1.62. The molecule has 1 unspecified atom stereocenters. The van der Waals surface area contributed by atoms with Crippen LogP contribution in [0.25, 0.3) is 0 Å². The van der Waals surface area contributed by atoms with Gasteiger partial charge in [-0.05, 0) is 51.4 Å². The van der Waals surface area contributed by atoms with Crippen LogP contribution in [0, 0.1) is 0 Å². The lowest BCUT2D eigenvalue weighted by atomic mass is 10.1. The van der Waals surface area contributed by atoms with E-state index in [1.807, 2.05) is 26.4 Å². The van der Waals surface area contributed by atoms with Crippen LogP contribution in [0.1, 0.15) is 43.0 Å². The second-order valence-corrected chi connectivity index (χ2v) is 8.59. The van der Waals surface area contributed by atoms with E-state index in [1.165, 1.54) is 0 Å². The highest BCUT2D eigenvalue weighted by molar-refractivity contribution is 7.86. The Balaban J connectivity index is 1.78. The summed E-state index contributed by atoms with van der Waals surface area (Å²) in [5.74, 6) is 0. The first kappa shape index (κ1) is 16.8.